The van der Waals surface area contributed by atoms with E-state index in [1.807, 2.05) is 41.9 Å². The van der Waals surface area contributed by atoms with Gasteiger partial charge in [-0.1, -0.05) is 24.3 Å². The molecule has 5 nitrogen and oxygen atoms in total. The standard InChI is InChI=1S/C23H24N2O3S/c1-24-14-17(18-4-2-3-5-19(18)24)13-23(26)25-9-8-22(29-11-10-25)16-6-7-20-21(12-16)28-15-27-20/h2-7,12,14,22H,8-11,13,15H2,1H3. The number of aromatic nitrogens is 1. The number of carbonyl (C=O) groups is 1. The van der Waals surface area contributed by atoms with Crippen LogP contribution in [0.15, 0.2) is 48.7 Å². The fourth-order valence-electron chi connectivity index (χ4n) is 4.24. The Balaban J connectivity index is 1.27. The maximum Gasteiger partial charge on any atom is 0.231 e. The molecule has 5 rings (SSSR count). The number of thioether (sulfide) groups is 1. The molecule has 150 valence electrons. The van der Waals surface area contributed by atoms with E-state index in [1.54, 1.807) is 0 Å². The van der Waals surface area contributed by atoms with E-state index >= 15 is 0 Å². The molecule has 29 heavy (non-hydrogen) atoms. The number of ether oxygens (including phenoxy) is 2. The Morgan fingerprint density at radius 2 is 2.00 bits per heavy atom. The SMILES string of the molecule is Cn1cc(CC(=O)N2CCSC(c3ccc4c(c3)OCO4)CC2)c2ccccc21. The van der Waals surface area contributed by atoms with Gasteiger partial charge in [-0.25, -0.2) is 0 Å². The maximum absolute atomic E-state index is 13.0. The van der Waals surface area contributed by atoms with Crippen molar-refractivity contribution in [2.75, 3.05) is 25.6 Å². The van der Waals surface area contributed by atoms with Crippen LogP contribution in [0.3, 0.4) is 0 Å². The molecule has 6 heteroatoms. The van der Waals surface area contributed by atoms with Gasteiger partial charge in [-0.05, 0) is 35.7 Å². The molecule has 2 aliphatic heterocycles. The smallest absolute Gasteiger partial charge is 0.231 e. The van der Waals surface area contributed by atoms with Gasteiger partial charge in [0.05, 0.1) is 6.42 Å². The second kappa shape index (κ2) is 7.67. The molecular weight excluding hydrogens is 384 g/mol. The summed E-state index contributed by atoms with van der Waals surface area (Å²) >= 11 is 1.92. The van der Waals surface area contributed by atoms with Crippen molar-refractivity contribution in [1.82, 2.24) is 9.47 Å². The van der Waals surface area contributed by atoms with Gasteiger partial charge in [-0.3, -0.25) is 4.79 Å². The lowest BCUT2D eigenvalue weighted by molar-refractivity contribution is -0.130. The zero-order valence-electron chi connectivity index (χ0n) is 16.5. The van der Waals surface area contributed by atoms with Crippen LogP contribution in [-0.2, 0) is 18.3 Å². The van der Waals surface area contributed by atoms with Crippen LogP contribution < -0.4 is 9.47 Å². The lowest BCUT2D eigenvalue weighted by Gasteiger charge is -2.20. The van der Waals surface area contributed by atoms with Crippen molar-refractivity contribution in [1.29, 1.82) is 0 Å². The highest BCUT2D eigenvalue weighted by Crippen LogP contribution is 2.40. The lowest BCUT2D eigenvalue weighted by atomic mass is 10.1. The first-order valence-electron chi connectivity index (χ1n) is 10.0. The minimum Gasteiger partial charge on any atom is -0.454 e. The van der Waals surface area contributed by atoms with Crippen molar-refractivity contribution < 1.29 is 14.3 Å². The molecule has 0 spiro atoms. The zero-order valence-corrected chi connectivity index (χ0v) is 17.3. The third kappa shape index (κ3) is 3.57. The highest BCUT2D eigenvalue weighted by molar-refractivity contribution is 7.99. The molecule has 0 N–H and O–H groups in total. The van der Waals surface area contributed by atoms with E-state index < -0.39 is 0 Å². The van der Waals surface area contributed by atoms with E-state index in [-0.39, 0.29) is 5.91 Å². The molecule has 1 atom stereocenters. The van der Waals surface area contributed by atoms with E-state index in [9.17, 15) is 4.79 Å². The Labute approximate surface area is 174 Å². The molecule has 1 amide bonds. The van der Waals surface area contributed by atoms with Gasteiger partial charge in [0.2, 0.25) is 12.7 Å². The van der Waals surface area contributed by atoms with E-state index in [0.29, 0.717) is 18.5 Å². The van der Waals surface area contributed by atoms with Crippen LogP contribution in [-0.4, -0.2) is 41.0 Å². The van der Waals surface area contributed by atoms with Gasteiger partial charge in [0.15, 0.2) is 11.5 Å². The number of rotatable bonds is 3. The summed E-state index contributed by atoms with van der Waals surface area (Å²) in [6.07, 6.45) is 3.50. The van der Waals surface area contributed by atoms with Gasteiger partial charge in [0.25, 0.3) is 0 Å². The van der Waals surface area contributed by atoms with Crippen LogP contribution in [0.1, 0.15) is 22.8 Å². The van der Waals surface area contributed by atoms with Crippen molar-refractivity contribution >= 4 is 28.6 Å². The Morgan fingerprint density at radius 1 is 1.14 bits per heavy atom. The molecule has 1 fully saturated rings. The predicted octanol–water partition coefficient (Wildman–Crippen LogP) is 4.16. The normalized spacial score (nSPS) is 18.8. The highest BCUT2D eigenvalue weighted by atomic mass is 32.2. The fraction of sp³-hybridized carbons (Fsp3) is 0.348. The van der Waals surface area contributed by atoms with E-state index in [0.717, 1.165) is 42.3 Å². The average Bonchev–Trinajstić information content (AvgIpc) is 3.23. The van der Waals surface area contributed by atoms with Crippen LogP contribution in [0.5, 0.6) is 11.5 Å². The van der Waals surface area contributed by atoms with Crippen molar-refractivity contribution in [2.24, 2.45) is 7.05 Å². The molecule has 1 unspecified atom stereocenters. The van der Waals surface area contributed by atoms with Gasteiger partial charge >= 0.3 is 0 Å². The van der Waals surface area contributed by atoms with Crippen molar-refractivity contribution in [3.63, 3.8) is 0 Å². The van der Waals surface area contributed by atoms with Crippen LogP contribution in [0.2, 0.25) is 0 Å². The van der Waals surface area contributed by atoms with Crippen molar-refractivity contribution in [2.45, 2.75) is 18.1 Å². The predicted molar refractivity (Wildman–Crippen MR) is 116 cm³/mol. The minimum absolute atomic E-state index is 0.216. The van der Waals surface area contributed by atoms with Gasteiger partial charge in [-0.2, -0.15) is 11.8 Å². The largest absolute Gasteiger partial charge is 0.454 e. The summed E-state index contributed by atoms with van der Waals surface area (Å²) in [5, 5.41) is 1.55. The number of hydrogen-bond acceptors (Lipinski definition) is 4. The number of fused-ring (bicyclic) bond motifs is 2. The summed E-state index contributed by atoms with van der Waals surface area (Å²) in [6, 6.07) is 14.5. The molecule has 3 heterocycles. The first kappa shape index (κ1) is 18.4. The molecule has 0 aliphatic carbocycles. The number of hydrogen-bond donors (Lipinski definition) is 0. The lowest BCUT2D eigenvalue weighted by Crippen LogP contribution is -2.34. The summed E-state index contributed by atoms with van der Waals surface area (Å²) in [4.78, 5) is 15.1. The van der Waals surface area contributed by atoms with E-state index in [1.165, 1.54) is 16.5 Å². The monoisotopic (exact) mass is 408 g/mol. The number of benzene rings is 2. The van der Waals surface area contributed by atoms with Crippen LogP contribution >= 0.6 is 11.8 Å². The highest BCUT2D eigenvalue weighted by Gasteiger charge is 2.24. The van der Waals surface area contributed by atoms with E-state index in [2.05, 4.69) is 35.0 Å². The molecule has 3 aromatic rings. The Kier molecular flexibility index (Phi) is 4.87. The second-order valence-electron chi connectivity index (χ2n) is 7.60. The topological polar surface area (TPSA) is 43.7 Å². The Hall–Kier alpha value is -2.60. The molecule has 0 bridgehead atoms. The minimum atomic E-state index is 0.216. The molecule has 1 saturated heterocycles. The van der Waals surface area contributed by atoms with Gasteiger partial charge in [0.1, 0.15) is 0 Å². The average molecular weight is 409 g/mol. The quantitative estimate of drug-likeness (QED) is 0.653. The second-order valence-corrected chi connectivity index (χ2v) is 8.91. The Morgan fingerprint density at radius 3 is 2.93 bits per heavy atom. The number of nitrogens with zero attached hydrogens (tertiary/aromatic N) is 2. The fourth-order valence-corrected chi connectivity index (χ4v) is 5.46. The zero-order chi connectivity index (χ0) is 19.8. The van der Waals surface area contributed by atoms with Gasteiger partial charge in [-0.15, -0.1) is 0 Å². The van der Waals surface area contributed by atoms with Gasteiger partial charge < -0.3 is 18.9 Å². The molecule has 1 aromatic heterocycles. The summed E-state index contributed by atoms with van der Waals surface area (Å²) in [5.74, 6) is 2.81. The third-order valence-corrected chi connectivity index (χ3v) is 7.11. The molecule has 0 radical (unpaired) electrons. The van der Waals surface area contributed by atoms with Gasteiger partial charge in [0, 0.05) is 48.2 Å². The number of para-hydroxylation sites is 1. The van der Waals surface area contributed by atoms with Crippen LogP contribution in [0.4, 0.5) is 0 Å². The Bertz CT molecular complexity index is 1060. The molecule has 2 aliphatic rings. The van der Waals surface area contributed by atoms with Crippen molar-refractivity contribution in [3.8, 4) is 11.5 Å². The first-order valence-corrected chi connectivity index (χ1v) is 11.1. The third-order valence-electron chi connectivity index (χ3n) is 5.78. The number of aryl methyl sites for hydroxylation is 1. The van der Waals surface area contributed by atoms with Crippen molar-refractivity contribution in [3.05, 3.63) is 59.8 Å². The first-order chi connectivity index (χ1) is 14.2. The van der Waals surface area contributed by atoms with Crippen LogP contribution in [0, 0.1) is 0 Å². The summed E-state index contributed by atoms with van der Waals surface area (Å²) < 4.78 is 13.0. The summed E-state index contributed by atoms with van der Waals surface area (Å²) in [6.45, 7) is 1.89. The maximum atomic E-state index is 13.0. The summed E-state index contributed by atoms with van der Waals surface area (Å²) in [7, 11) is 2.04. The molecule has 2 aromatic carbocycles. The van der Waals surface area contributed by atoms with Crippen LogP contribution in [0.25, 0.3) is 10.9 Å². The molecular formula is C23H24N2O3S. The summed E-state index contributed by atoms with van der Waals surface area (Å²) in [5.41, 5.74) is 3.53. The molecule has 0 saturated carbocycles. The number of carbonyl (C=O) groups excluding carboxylic acids is 1. The van der Waals surface area contributed by atoms with E-state index in [4.69, 9.17) is 9.47 Å². The number of amides is 1.